The van der Waals surface area contributed by atoms with Crippen LogP contribution in [0.25, 0.3) is 0 Å². The second kappa shape index (κ2) is 11.2. The topological polar surface area (TPSA) is 95.5 Å². The maximum absolute atomic E-state index is 13.3. The molecule has 3 N–H and O–H groups in total. The highest BCUT2D eigenvalue weighted by atomic mass is 19.1. The van der Waals surface area contributed by atoms with E-state index in [0.717, 1.165) is 19.3 Å². The summed E-state index contributed by atoms with van der Waals surface area (Å²) in [5, 5.41) is 14.3. The van der Waals surface area contributed by atoms with E-state index in [4.69, 9.17) is 0 Å². The third kappa shape index (κ3) is 8.09. The lowest BCUT2D eigenvalue weighted by Crippen LogP contribution is -2.52. The number of unbranched alkanes of at least 4 members (excludes halogenated alkanes) is 3. The number of carbonyl (C=O) groups excluding carboxylic acids is 2. The van der Waals surface area contributed by atoms with Crippen LogP contribution in [0.1, 0.15) is 51.5 Å². The molecule has 0 heterocycles. The number of aliphatic carboxylic acids is 1. The van der Waals surface area contributed by atoms with Crippen LogP contribution >= 0.6 is 0 Å². The molecule has 0 aliphatic heterocycles. The van der Waals surface area contributed by atoms with Crippen LogP contribution in [0.4, 0.5) is 4.39 Å². The van der Waals surface area contributed by atoms with Crippen molar-refractivity contribution in [3.05, 3.63) is 35.6 Å². The molecule has 0 saturated carbocycles. The molecule has 0 aliphatic rings. The van der Waals surface area contributed by atoms with E-state index in [1.165, 1.54) is 25.1 Å². The molecule has 0 fully saturated rings. The molecule has 144 valence electrons. The maximum atomic E-state index is 13.3. The van der Waals surface area contributed by atoms with Gasteiger partial charge in [-0.1, -0.05) is 44.7 Å². The van der Waals surface area contributed by atoms with Crippen molar-refractivity contribution in [3.63, 3.8) is 0 Å². The summed E-state index contributed by atoms with van der Waals surface area (Å²) in [6, 6.07) is 3.75. The van der Waals surface area contributed by atoms with Crippen molar-refractivity contribution in [2.75, 3.05) is 0 Å². The number of carboxylic acids is 1. The van der Waals surface area contributed by atoms with Gasteiger partial charge >= 0.3 is 5.97 Å². The van der Waals surface area contributed by atoms with Crippen LogP contribution in [0.2, 0.25) is 0 Å². The van der Waals surface area contributed by atoms with Gasteiger partial charge in [0.2, 0.25) is 11.8 Å². The highest BCUT2D eigenvalue weighted by Gasteiger charge is 2.26. The normalized spacial score (nSPS) is 12.9. The van der Waals surface area contributed by atoms with Crippen molar-refractivity contribution in [2.45, 2.75) is 64.5 Å². The number of hydrogen-bond acceptors (Lipinski definition) is 3. The summed E-state index contributed by atoms with van der Waals surface area (Å²) in [7, 11) is 0. The van der Waals surface area contributed by atoms with Crippen LogP contribution < -0.4 is 10.6 Å². The quantitative estimate of drug-likeness (QED) is 0.524. The first-order valence-electron chi connectivity index (χ1n) is 8.88. The number of nitrogens with one attached hydrogen (secondary N) is 2. The number of carboxylic acid groups (broad SMARTS) is 1. The molecule has 1 rings (SSSR count). The van der Waals surface area contributed by atoms with Gasteiger partial charge in [0.25, 0.3) is 0 Å². The molecule has 2 amide bonds. The van der Waals surface area contributed by atoms with Crippen LogP contribution in [0.3, 0.4) is 0 Å². The second-order valence-electron chi connectivity index (χ2n) is 6.34. The summed E-state index contributed by atoms with van der Waals surface area (Å²) in [5.74, 6) is -2.56. The Labute approximate surface area is 153 Å². The average molecular weight is 366 g/mol. The first-order chi connectivity index (χ1) is 12.3. The zero-order valence-corrected chi connectivity index (χ0v) is 15.3. The number of benzene rings is 1. The standard InChI is InChI=1S/C19H27FN2O4/c1-3-4-5-6-10-16(19(25)26)22-18(24)17(21-13(2)23)12-14-8-7-9-15(20)11-14/h7-9,11,16-17H,3-6,10,12H2,1-2H3,(H,21,23)(H,22,24)(H,25,26)/t16-,17-/m0/s1. The highest BCUT2D eigenvalue weighted by Crippen LogP contribution is 2.09. The summed E-state index contributed by atoms with van der Waals surface area (Å²) >= 11 is 0. The lowest BCUT2D eigenvalue weighted by molar-refractivity contribution is -0.142. The number of rotatable bonds is 11. The van der Waals surface area contributed by atoms with Crippen LogP contribution in [-0.2, 0) is 20.8 Å². The molecule has 0 saturated heterocycles. The molecular formula is C19H27FN2O4. The third-order valence-electron chi connectivity index (χ3n) is 3.98. The van der Waals surface area contributed by atoms with Crippen LogP contribution in [-0.4, -0.2) is 35.0 Å². The first-order valence-corrected chi connectivity index (χ1v) is 8.88. The van der Waals surface area contributed by atoms with Gasteiger partial charge < -0.3 is 15.7 Å². The fraction of sp³-hybridized carbons (Fsp3) is 0.526. The molecule has 6 nitrogen and oxygen atoms in total. The molecule has 0 spiro atoms. The molecule has 0 aliphatic carbocycles. The highest BCUT2D eigenvalue weighted by molar-refractivity contribution is 5.90. The van der Waals surface area contributed by atoms with Gasteiger partial charge in [0, 0.05) is 13.3 Å². The minimum absolute atomic E-state index is 0.0747. The van der Waals surface area contributed by atoms with Gasteiger partial charge in [-0.15, -0.1) is 0 Å². The fourth-order valence-corrected chi connectivity index (χ4v) is 2.66. The van der Waals surface area contributed by atoms with Gasteiger partial charge in [0.15, 0.2) is 0 Å². The van der Waals surface area contributed by atoms with Crippen molar-refractivity contribution < 1.29 is 23.9 Å². The van der Waals surface area contributed by atoms with Crippen molar-refractivity contribution in [1.82, 2.24) is 10.6 Å². The molecule has 2 atom stereocenters. The molecule has 1 aromatic carbocycles. The van der Waals surface area contributed by atoms with E-state index in [-0.39, 0.29) is 6.42 Å². The Morgan fingerprint density at radius 2 is 1.85 bits per heavy atom. The first kappa shape index (κ1) is 21.6. The lowest BCUT2D eigenvalue weighted by atomic mass is 10.0. The van der Waals surface area contributed by atoms with Gasteiger partial charge in [0.05, 0.1) is 0 Å². The lowest BCUT2D eigenvalue weighted by Gasteiger charge is -2.21. The van der Waals surface area contributed by atoms with Gasteiger partial charge in [0.1, 0.15) is 17.9 Å². The van der Waals surface area contributed by atoms with Crippen LogP contribution in [0.15, 0.2) is 24.3 Å². The van der Waals surface area contributed by atoms with E-state index in [1.807, 2.05) is 0 Å². The molecule has 0 aromatic heterocycles. The Bertz CT molecular complexity index is 621. The second-order valence-corrected chi connectivity index (χ2v) is 6.34. The summed E-state index contributed by atoms with van der Waals surface area (Å²) in [5.41, 5.74) is 0.536. The predicted octanol–water partition coefficient (Wildman–Crippen LogP) is 2.41. The average Bonchev–Trinajstić information content (AvgIpc) is 2.56. The number of carbonyl (C=O) groups is 3. The maximum Gasteiger partial charge on any atom is 0.326 e. The Morgan fingerprint density at radius 1 is 1.12 bits per heavy atom. The molecule has 1 aromatic rings. The van der Waals surface area contributed by atoms with E-state index in [2.05, 4.69) is 17.6 Å². The number of amides is 2. The molecule has 0 radical (unpaired) electrons. The minimum Gasteiger partial charge on any atom is -0.480 e. The number of halogens is 1. The summed E-state index contributed by atoms with van der Waals surface area (Å²) in [6.45, 7) is 3.33. The zero-order chi connectivity index (χ0) is 19.5. The molecule has 0 unspecified atom stereocenters. The Hall–Kier alpha value is -2.44. The van der Waals surface area contributed by atoms with Crippen LogP contribution in [0, 0.1) is 5.82 Å². The van der Waals surface area contributed by atoms with Gasteiger partial charge in [-0.3, -0.25) is 9.59 Å². The van der Waals surface area contributed by atoms with Crippen molar-refractivity contribution in [3.8, 4) is 0 Å². The van der Waals surface area contributed by atoms with E-state index in [9.17, 15) is 23.9 Å². The molecule has 7 heteroatoms. The molecule has 26 heavy (non-hydrogen) atoms. The molecular weight excluding hydrogens is 339 g/mol. The van der Waals surface area contributed by atoms with Crippen LogP contribution in [0.5, 0.6) is 0 Å². The van der Waals surface area contributed by atoms with E-state index in [0.29, 0.717) is 18.4 Å². The monoisotopic (exact) mass is 366 g/mol. The fourth-order valence-electron chi connectivity index (χ4n) is 2.66. The SMILES string of the molecule is CCCCCC[C@H](NC(=O)[C@H](Cc1cccc(F)c1)NC(C)=O)C(=O)O. The zero-order valence-electron chi connectivity index (χ0n) is 15.3. The van der Waals surface area contributed by atoms with E-state index >= 15 is 0 Å². The van der Waals surface area contributed by atoms with Crippen molar-refractivity contribution >= 4 is 17.8 Å². The van der Waals surface area contributed by atoms with Crippen molar-refractivity contribution in [1.29, 1.82) is 0 Å². The van der Waals surface area contributed by atoms with E-state index < -0.39 is 35.7 Å². The van der Waals surface area contributed by atoms with Crippen molar-refractivity contribution in [2.24, 2.45) is 0 Å². The Kier molecular flexibility index (Phi) is 9.33. The summed E-state index contributed by atoms with van der Waals surface area (Å²) in [6.07, 6.45) is 4.03. The minimum atomic E-state index is -1.11. The molecule has 0 bridgehead atoms. The summed E-state index contributed by atoms with van der Waals surface area (Å²) < 4.78 is 13.3. The Balaban J connectivity index is 2.76. The van der Waals surface area contributed by atoms with Gasteiger partial charge in [-0.25, -0.2) is 9.18 Å². The van der Waals surface area contributed by atoms with Gasteiger partial charge in [-0.2, -0.15) is 0 Å². The Morgan fingerprint density at radius 3 is 2.42 bits per heavy atom. The summed E-state index contributed by atoms with van der Waals surface area (Å²) in [4.78, 5) is 35.3. The smallest absolute Gasteiger partial charge is 0.326 e. The van der Waals surface area contributed by atoms with E-state index in [1.54, 1.807) is 6.07 Å². The van der Waals surface area contributed by atoms with Gasteiger partial charge in [-0.05, 0) is 24.1 Å². The largest absolute Gasteiger partial charge is 0.480 e. The predicted molar refractivity (Wildman–Crippen MR) is 96.0 cm³/mol. The number of hydrogen-bond donors (Lipinski definition) is 3. The third-order valence-corrected chi connectivity index (χ3v) is 3.98.